The second-order valence-electron chi connectivity index (χ2n) is 7.66. The molecule has 1 amide bonds. The summed E-state index contributed by atoms with van der Waals surface area (Å²) in [6.45, 7) is 1.54. The van der Waals surface area contributed by atoms with Crippen LogP contribution in [0.4, 0.5) is 11.5 Å². The highest BCUT2D eigenvalue weighted by molar-refractivity contribution is 7.99. The average molecular weight is 593 g/mol. The van der Waals surface area contributed by atoms with Crippen LogP contribution in [-0.2, 0) is 14.8 Å². The van der Waals surface area contributed by atoms with Crippen LogP contribution in [0.15, 0.2) is 45.2 Å². The number of thioether (sulfide) groups is 1. The first kappa shape index (κ1) is 27.8. The van der Waals surface area contributed by atoms with Crippen molar-refractivity contribution >= 4 is 66.7 Å². The van der Waals surface area contributed by atoms with E-state index >= 15 is 0 Å². The van der Waals surface area contributed by atoms with Crippen LogP contribution in [0.5, 0.6) is 11.9 Å². The van der Waals surface area contributed by atoms with Gasteiger partial charge < -0.3 is 24.9 Å². The Morgan fingerprint density at radius 3 is 2.49 bits per heavy atom. The van der Waals surface area contributed by atoms with E-state index in [1.54, 1.807) is 0 Å². The number of anilines is 2. The number of rotatable bonds is 10. The van der Waals surface area contributed by atoms with Gasteiger partial charge in [0.25, 0.3) is 15.6 Å². The molecule has 0 atom stereocenters. The number of aryl methyl sites for hydroxylation is 1. The van der Waals surface area contributed by atoms with Crippen LogP contribution in [0.2, 0.25) is 0 Å². The van der Waals surface area contributed by atoms with E-state index < -0.39 is 27.5 Å². The fourth-order valence-corrected chi connectivity index (χ4v) is 6.02. The fourth-order valence-electron chi connectivity index (χ4n) is 3.29. The van der Waals surface area contributed by atoms with Crippen molar-refractivity contribution in [3.63, 3.8) is 0 Å². The number of amides is 1. The summed E-state index contributed by atoms with van der Waals surface area (Å²) >= 11 is 1.84. The maximum atomic E-state index is 12.8. The van der Waals surface area contributed by atoms with Crippen LogP contribution in [0.1, 0.15) is 15.2 Å². The average Bonchev–Trinajstić information content (AvgIpc) is 3.24. The number of fused-ring (bicyclic) bond motifs is 1. The number of H-pyrrole nitrogens is 1. The van der Waals surface area contributed by atoms with Gasteiger partial charge in [-0.1, -0.05) is 11.8 Å². The number of hydrogen-bond acceptors (Lipinski definition) is 12. The summed E-state index contributed by atoms with van der Waals surface area (Å²) in [5.41, 5.74) is 0.179. The Kier molecular flexibility index (Phi) is 8.03. The number of thiophene rings is 1. The minimum Gasteiger partial charge on any atom is -0.481 e. The Morgan fingerprint density at radius 2 is 1.85 bits per heavy atom. The summed E-state index contributed by atoms with van der Waals surface area (Å²) in [7, 11) is -1.34. The number of nitrogens with one attached hydrogen (secondary N) is 3. The number of carbonyl (C=O) groups is 2. The van der Waals surface area contributed by atoms with Crippen molar-refractivity contribution in [2.75, 3.05) is 30.0 Å². The van der Waals surface area contributed by atoms with Crippen molar-refractivity contribution in [2.45, 2.75) is 17.0 Å². The summed E-state index contributed by atoms with van der Waals surface area (Å²) in [6.07, 6.45) is 0. The molecule has 0 aliphatic carbocycles. The maximum absolute atomic E-state index is 12.8. The van der Waals surface area contributed by atoms with E-state index in [1.807, 2.05) is 0 Å². The third kappa shape index (κ3) is 6.27. The molecule has 0 fully saturated rings. The van der Waals surface area contributed by atoms with Gasteiger partial charge in [0, 0.05) is 11.8 Å². The Labute approximate surface area is 228 Å². The molecule has 0 unspecified atom stereocenters. The number of ether oxygens (including phenoxy) is 2. The summed E-state index contributed by atoms with van der Waals surface area (Å²) in [4.78, 5) is 51.0. The first-order valence-corrected chi connectivity index (χ1v) is 14.1. The molecule has 14 nitrogen and oxygen atoms in total. The first-order chi connectivity index (χ1) is 18.5. The number of benzene rings is 1. The SMILES string of the molecule is COc1cc(NS(=O)(=O)c2ccc(NC(=O)CSc3nc4sc(C(=O)O)c(C)c4c(=O)[nH]3)cc2)nc(OC)n1. The number of nitrogens with zero attached hydrogens (tertiary/aromatic N) is 3. The van der Waals surface area contributed by atoms with Gasteiger partial charge >= 0.3 is 12.0 Å². The van der Waals surface area contributed by atoms with Gasteiger partial charge in [-0.05, 0) is 36.8 Å². The van der Waals surface area contributed by atoms with Crippen molar-refractivity contribution in [2.24, 2.45) is 0 Å². The summed E-state index contributed by atoms with van der Waals surface area (Å²) in [5.74, 6) is -1.67. The normalized spacial score (nSPS) is 11.3. The number of carboxylic acid groups (broad SMARTS) is 1. The topological polar surface area (TPSA) is 203 Å². The summed E-state index contributed by atoms with van der Waals surface area (Å²) in [6, 6.07) is 6.62. The zero-order valence-electron chi connectivity index (χ0n) is 20.5. The lowest BCUT2D eigenvalue weighted by Gasteiger charge is -2.10. The lowest BCUT2D eigenvalue weighted by atomic mass is 10.2. The monoisotopic (exact) mass is 592 g/mol. The third-order valence-corrected chi connectivity index (χ3v) is 8.49. The molecule has 0 aliphatic heterocycles. The highest BCUT2D eigenvalue weighted by atomic mass is 32.2. The quantitative estimate of drug-likeness (QED) is 0.155. The van der Waals surface area contributed by atoms with Crippen LogP contribution in [0, 0.1) is 6.92 Å². The Bertz CT molecular complexity index is 1710. The molecule has 3 aromatic heterocycles. The van der Waals surface area contributed by atoms with Crippen molar-refractivity contribution in [1.82, 2.24) is 19.9 Å². The third-order valence-electron chi connectivity index (χ3n) is 5.07. The van der Waals surface area contributed by atoms with Gasteiger partial charge in [-0.15, -0.1) is 11.3 Å². The molecule has 3 heterocycles. The van der Waals surface area contributed by atoms with Crippen molar-refractivity contribution in [3.05, 3.63) is 51.1 Å². The molecule has 0 bridgehead atoms. The Hall–Kier alpha value is -4.22. The lowest BCUT2D eigenvalue weighted by molar-refractivity contribution is -0.113. The van der Waals surface area contributed by atoms with E-state index in [2.05, 4.69) is 30.0 Å². The van der Waals surface area contributed by atoms with Crippen LogP contribution < -0.4 is 25.1 Å². The Balaban J connectivity index is 1.40. The molecule has 0 radical (unpaired) electrons. The smallest absolute Gasteiger partial charge is 0.346 e. The number of carbonyl (C=O) groups excluding carboxylic acids is 1. The van der Waals surface area contributed by atoms with Gasteiger partial charge in [0.1, 0.15) is 9.71 Å². The van der Waals surface area contributed by atoms with Crippen LogP contribution in [-0.4, -0.2) is 65.3 Å². The van der Waals surface area contributed by atoms with Gasteiger partial charge in [-0.2, -0.15) is 9.97 Å². The zero-order chi connectivity index (χ0) is 28.3. The van der Waals surface area contributed by atoms with Crippen LogP contribution in [0.3, 0.4) is 0 Å². The van der Waals surface area contributed by atoms with Crippen molar-refractivity contribution < 1.29 is 32.6 Å². The standard InChI is InChI=1S/C22H20N6O8S3/c1-10-16-18(30)26-22(27-19(16)38-17(10)20(31)32)37-9-14(29)23-11-4-6-12(7-5-11)39(33,34)28-13-8-15(35-2)25-21(24-13)36-3/h4-8H,9H2,1-3H3,(H,23,29)(H,31,32)(H,24,25,28)(H,26,27,30). The van der Waals surface area contributed by atoms with E-state index in [1.165, 1.54) is 51.5 Å². The van der Waals surface area contributed by atoms with E-state index in [0.29, 0.717) is 11.3 Å². The van der Waals surface area contributed by atoms with Gasteiger partial charge in [0.15, 0.2) is 11.0 Å². The molecule has 4 aromatic rings. The molecular weight excluding hydrogens is 572 g/mol. The first-order valence-electron chi connectivity index (χ1n) is 10.8. The summed E-state index contributed by atoms with van der Waals surface area (Å²) in [5, 5.41) is 12.3. The molecule has 4 rings (SSSR count). The highest BCUT2D eigenvalue weighted by Crippen LogP contribution is 2.28. The van der Waals surface area contributed by atoms with E-state index in [9.17, 15) is 27.9 Å². The lowest BCUT2D eigenvalue weighted by Crippen LogP contribution is -2.16. The number of aromatic nitrogens is 4. The molecular formula is C22H20N6O8S3. The van der Waals surface area contributed by atoms with E-state index in [0.717, 1.165) is 23.1 Å². The number of aromatic carboxylic acids is 1. The number of carboxylic acids is 1. The van der Waals surface area contributed by atoms with E-state index in [4.69, 9.17) is 9.47 Å². The minimum atomic E-state index is -4.03. The number of sulfonamides is 1. The molecule has 0 saturated carbocycles. The maximum Gasteiger partial charge on any atom is 0.346 e. The molecule has 204 valence electrons. The van der Waals surface area contributed by atoms with Crippen LogP contribution in [0.25, 0.3) is 10.2 Å². The largest absolute Gasteiger partial charge is 0.481 e. The Morgan fingerprint density at radius 1 is 1.13 bits per heavy atom. The predicted octanol–water partition coefficient (Wildman–Crippen LogP) is 2.33. The highest BCUT2D eigenvalue weighted by Gasteiger charge is 2.20. The van der Waals surface area contributed by atoms with Crippen LogP contribution >= 0.6 is 23.1 Å². The molecule has 17 heteroatoms. The second-order valence-corrected chi connectivity index (χ2v) is 11.3. The molecule has 4 N–H and O–H groups in total. The van der Waals surface area contributed by atoms with Gasteiger partial charge in [-0.25, -0.2) is 18.2 Å². The van der Waals surface area contributed by atoms with E-state index in [-0.39, 0.29) is 48.6 Å². The van der Waals surface area contributed by atoms with Gasteiger partial charge in [0.05, 0.1) is 30.3 Å². The number of methoxy groups -OCH3 is 2. The number of aromatic amines is 1. The van der Waals surface area contributed by atoms with Crippen molar-refractivity contribution in [3.8, 4) is 11.9 Å². The molecule has 1 aromatic carbocycles. The molecule has 0 spiro atoms. The second kappa shape index (κ2) is 11.3. The molecule has 0 aliphatic rings. The predicted molar refractivity (Wildman–Crippen MR) is 144 cm³/mol. The van der Waals surface area contributed by atoms with Crippen molar-refractivity contribution in [1.29, 1.82) is 0 Å². The molecule has 0 saturated heterocycles. The minimum absolute atomic E-state index is 0.0278. The summed E-state index contributed by atoms with van der Waals surface area (Å²) < 4.78 is 37.8. The fraction of sp³-hybridized carbons (Fsp3) is 0.182. The zero-order valence-corrected chi connectivity index (χ0v) is 22.9. The van der Waals surface area contributed by atoms with Gasteiger partial charge in [0.2, 0.25) is 11.8 Å². The molecule has 39 heavy (non-hydrogen) atoms. The van der Waals surface area contributed by atoms with Gasteiger partial charge in [-0.3, -0.25) is 14.3 Å². The number of hydrogen-bond donors (Lipinski definition) is 4.